The summed E-state index contributed by atoms with van der Waals surface area (Å²) in [6.07, 6.45) is 3.85. The molecule has 1 aromatic heterocycles. The Morgan fingerprint density at radius 1 is 1.32 bits per heavy atom. The van der Waals surface area contributed by atoms with E-state index in [0.717, 1.165) is 31.4 Å². The third-order valence-corrected chi connectivity index (χ3v) is 5.26. The molecular formula is C16H29IN4S. The van der Waals surface area contributed by atoms with Crippen molar-refractivity contribution in [1.82, 2.24) is 15.5 Å². The summed E-state index contributed by atoms with van der Waals surface area (Å²) < 4.78 is 0. The van der Waals surface area contributed by atoms with Crippen molar-refractivity contribution in [3.63, 3.8) is 0 Å². The van der Waals surface area contributed by atoms with Gasteiger partial charge in [-0.05, 0) is 51.4 Å². The number of hydrogen-bond donors (Lipinski definition) is 2. The lowest BCUT2D eigenvalue weighted by Gasteiger charge is -2.25. The van der Waals surface area contributed by atoms with E-state index in [4.69, 9.17) is 0 Å². The minimum Gasteiger partial charge on any atom is -0.355 e. The van der Waals surface area contributed by atoms with Crippen molar-refractivity contribution in [3.05, 3.63) is 21.9 Å². The lowest BCUT2D eigenvalue weighted by atomic mass is 10.1. The van der Waals surface area contributed by atoms with Crippen molar-refractivity contribution < 1.29 is 0 Å². The first-order valence-electron chi connectivity index (χ1n) is 7.82. The van der Waals surface area contributed by atoms with E-state index in [-0.39, 0.29) is 24.0 Å². The van der Waals surface area contributed by atoms with Gasteiger partial charge in [0.1, 0.15) is 0 Å². The molecule has 1 saturated carbocycles. The van der Waals surface area contributed by atoms with E-state index in [2.05, 4.69) is 53.7 Å². The molecule has 22 heavy (non-hydrogen) atoms. The van der Waals surface area contributed by atoms with Crippen LogP contribution in [0.3, 0.4) is 0 Å². The maximum absolute atomic E-state index is 4.32. The van der Waals surface area contributed by atoms with E-state index in [0.29, 0.717) is 6.04 Å². The van der Waals surface area contributed by atoms with Crippen LogP contribution in [0.25, 0.3) is 0 Å². The van der Waals surface area contributed by atoms with Crippen LogP contribution in [0.5, 0.6) is 0 Å². The molecule has 1 aromatic rings. The van der Waals surface area contributed by atoms with Gasteiger partial charge >= 0.3 is 0 Å². The SMILES string of the molecule is CCc1ccc(CNC(=NC)NCC(C2CC2)N(C)C)s1.I. The van der Waals surface area contributed by atoms with Gasteiger partial charge in [-0.3, -0.25) is 4.99 Å². The molecule has 2 rings (SSSR count). The first-order valence-corrected chi connectivity index (χ1v) is 8.64. The van der Waals surface area contributed by atoms with Gasteiger partial charge in [-0.15, -0.1) is 35.3 Å². The Bertz CT molecular complexity index is 466. The van der Waals surface area contributed by atoms with Gasteiger partial charge in [0, 0.05) is 29.4 Å². The lowest BCUT2D eigenvalue weighted by molar-refractivity contribution is 0.264. The fraction of sp³-hybridized carbons (Fsp3) is 0.688. The van der Waals surface area contributed by atoms with Gasteiger partial charge in [0.05, 0.1) is 6.54 Å². The second kappa shape index (κ2) is 9.72. The zero-order chi connectivity index (χ0) is 15.2. The van der Waals surface area contributed by atoms with Crippen LogP contribution in [0.1, 0.15) is 29.5 Å². The summed E-state index contributed by atoms with van der Waals surface area (Å²) in [5.74, 6) is 1.75. The van der Waals surface area contributed by atoms with Crippen LogP contribution >= 0.6 is 35.3 Å². The number of nitrogens with zero attached hydrogens (tertiary/aromatic N) is 2. The monoisotopic (exact) mass is 436 g/mol. The van der Waals surface area contributed by atoms with Crippen LogP contribution < -0.4 is 10.6 Å². The van der Waals surface area contributed by atoms with Crippen molar-refractivity contribution >= 4 is 41.3 Å². The van der Waals surface area contributed by atoms with Gasteiger partial charge in [-0.1, -0.05) is 6.92 Å². The molecule has 0 aromatic carbocycles. The highest BCUT2D eigenvalue weighted by Crippen LogP contribution is 2.34. The highest BCUT2D eigenvalue weighted by molar-refractivity contribution is 14.0. The van der Waals surface area contributed by atoms with Crippen LogP contribution in [0.4, 0.5) is 0 Å². The zero-order valence-corrected chi connectivity index (χ0v) is 17.2. The molecule has 0 spiro atoms. The number of aryl methyl sites for hydroxylation is 1. The molecule has 0 bridgehead atoms. The Balaban J connectivity index is 0.00000242. The van der Waals surface area contributed by atoms with E-state index in [1.54, 1.807) is 0 Å². The van der Waals surface area contributed by atoms with Crippen molar-refractivity contribution in [2.75, 3.05) is 27.7 Å². The molecule has 1 aliphatic rings. The number of hydrogen-bond acceptors (Lipinski definition) is 3. The van der Waals surface area contributed by atoms with Gasteiger partial charge < -0.3 is 15.5 Å². The van der Waals surface area contributed by atoms with Crippen LogP contribution in [-0.2, 0) is 13.0 Å². The molecule has 1 atom stereocenters. The molecular weight excluding hydrogens is 407 g/mol. The molecule has 0 aliphatic heterocycles. The molecule has 0 amide bonds. The standard InChI is InChI=1S/C16H28N4S.HI/c1-5-13-8-9-14(21-13)10-18-16(17-2)19-11-15(20(3)4)12-6-7-12;/h8-9,12,15H,5-7,10-11H2,1-4H3,(H2,17,18,19);1H. The Hall–Kier alpha value is -0.340. The number of rotatable bonds is 7. The molecule has 1 unspecified atom stereocenters. The Morgan fingerprint density at radius 3 is 2.50 bits per heavy atom. The quantitative estimate of drug-likeness (QED) is 0.392. The maximum atomic E-state index is 4.32. The van der Waals surface area contributed by atoms with Crippen LogP contribution in [-0.4, -0.2) is 44.6 Å². The summed E-state index contributed by atoms with van der Waals surface area (Å²) in [4.78, 5) is 9.45. The highest BCUT2D eigenvalue weighted by atomic mass is 127. The number of thiophene rings is 1. The van der Waals surface area contributed by atoms with Crippen molar-refractivity contribution in [3.8, 4) is 0 Å². The summed E-state index contributed by atoms with van der Waals surface area (Å²) in [6.45, 7) is 4.01. The number of nitrogens with one attached hydrogen (secondary N) is 2. The van der Waals surface area contributed by atoms with Gasteiger partial charge in [0.15, 0.2) is 5.96 Å². The summed E-state index contributed by atoms with van der Waals surface area (Å²) in [5, 5.41) is 6.87. The summed E-state index contributed by atoms with van der Waals surface area (Å²) >= 11 is 1.88. The summed E-state index contributed by atoms with van der Waals surface area (Å²) in [6, 6.07) is 5.03. The molecule has 2 N–H and O–H groups in total. The van der Waals surface area contributed by atoms with Crippen LogP contribution in [0.2, 0.25) is 0 Å². The van der Waals surface area contributed by atoms with E-state index in [1.165, 1.54) is 22.6 Å². The fourth-order valence-electron chi connectivity index (χ4n) is 2.55. The molecule has 126 valence electrons. The second-order valence-corrected chi connectivity index (χ2v) is 7.15. The molecule has 1 heterocycles. The minimum absolute atomic E-state index is 0. The first-order chi connectivity index (χ1) is 10.1. The third kappa shape index (κ3) is 6.04. The predicted octanol–water partition coefficient (Wildman–Crippen LogP) is 2.93. The van der Waals surface area contributed by atoms with Gasteiger partial charge in [0.2, 0.25) is 0 Å². The molecule has 4 nitrogen and oxygen atoms in total. The van der Waals surface area contributed by atoms with E-state index < -0.39 is 0 Å². The molecule has 1 aliphatic carbocycles. The fourth-order valence-corrected chi connectivity index (χ4v) is 3.45. The average molecular weight is 436 g/mol. The topological polar surface area (TPSA) is 39.7 Å². The minimum atomic E-state index is 0. The van der Waals surface area contributed by atoms with Crippen molar-refractivity contribution in [1.29, 1.82) is 0 Å². The Morgan fingerprint density at radius 2 is 2.00 bits per heavy atom. The van der Waals surface area contributed by atoms with E-state index >= 15 is 0 Å². The Labute approximate surface area is 155 Å². The Kier molecular flexibility index (Phi) is 8.71. The van der Waals surface area contributed by atoms with Crippen LogP contribution in [0.15, 0.2) is 17.1 Å². The summed E-state index contributed by atoms with van der Waals surface area (Å²) in [5.41, 5.74) is 0. The predicted molar refractivity (Wildman–Crippen MR) is 108 cm³/mol. The normalized spacial score (nSPS) is 16.3. The van der Waals surface area contributed by atoms with Crippen LogP contribution in [0, 0.1) is 5.92 Å². The van der Waals surface area contributed by atoms with Crippen molar-refractivity contribution in [2.45, 2.75) is 38.8 Å². The average Bonchev–Trinajstić information content (AvgIpc) is 3.20. The number of aliphatic imine (C=N–C) groups is 1. The van der Waals surface area contributed by atoms with E-state index in [1.807, 2.05) is 18.4 Å². The van der Waals surface area contributed by atoms with Gasteiger partial charge in [-0.2, -0.15) is 0 Å². The maximum Gasteiger partial charge on any atom is 0.191 e. The van der Waals surface area contributed by atoms with Crippen molar-refractivity contribution in [2.24, 2.45) is 10.9 Å². The second-order valence-electron chi connectivity index (χ2n) is 5.90. The number of guanidine groups is 1. The van der Waals surface area contributed by atoms with Gasteiger partial charge in [0.25, 0.3) is 0 Å². The number of likely N-dealkylation sites (N-methyl/N-ethyl adjacent to an activating group) is 1. The highest BCUT2D eigenvalue weighted by Gasteiger charge is 2.32. The molecule has 0 radical (unpaired) electrons. The number of halogens is 1. The first kappa shape index (κ1) is 19.7. The smallest absolute Gasteiger partial charge is 0.191 e. The molecule has 6 heteroatoms. The van der Waals surface area contributed by atoms with E-state index in [9.17, 15) is 0 Å². The zero-order valence-electron chi connectivity index (χ0n) is 14.1. The molecule has 1 fully saturated rings. The van der Waals surface area contributed by atoms with Gasteiger partial charge in [-0.25, -0.2) is 0 Å². The third-order valence-electron chi connectivity index (χ3n) is 4.03. The largest absolute Gasteiger partial charge is 0.355 e. The summed E-state index contributed by atoms with van der Waals surface area (Å²) in [7, 11) is 6.17. The lowest BCUT2D eigenvalue weighted by Crippen LogP contribution is -2.45. The molecule has 0 saturated heterocycles.